The van der Waals surface area contributed by atoms with E-state index >= 15 is 0 Å². The highest BCUT2D eigenvalue weighted by Crippen LogP contribution is 2.38. The second-order valence-corrected chi connectivity index (χ2v) is 5.36. The van der Waals surface area contributed by atoms with E-state index in [-0.39, 0.29) is 24.3 Å². The van der Waals surface area contributed by atoms with E-state index in [4.69, 9.17) is 9.47 Å². The summed E-state index contributed by atoms with van der Waals surface area (Å²) in [5, 5.41) is 0. The first kappa shape index (κ1) is 13.6. The fourth-order valence-corrected chi connectivity index (χ4v) is 3.28. The Morgan fingerprint density at radius 3 is 2.90 bits per heavy atom. The maximum atomic E-state index is 12.2. The van der Waals surface area contributed by atoms with Gasteiger partial charge in [0, 0.05) is 0 Å². The summed E-state index contributed by atoms with van der Waals surface area (Å²) in [6.45, 7) is 2.95. The second kappa shape index (κ2) is 5.94. The number of hydrogen-bond donors (Lipinski definition) is 0. The minimum absolute atomic E-state index is 0.0587. The minimum Gasteiger partial charge on any atom is -0.465 e. The Hall–Kier alpha value is -1.39. The van der Waals surface area contributed by atoms with Crippen LogP contribution in [0.1, 0.15) is 37.8 Å². The number of ether oxygens (including phenoxy) is 2. The average molecular weight is 275 g/mol. The van der Waals surface area contributed by atoms with Crippen LogP contribution in [0.2, 0.25) is 0 Å². The standard InChI is InChI=1S/C16H21NO3/c1-2-19-16(18)13-9-6-10-15-17(13)14(11-20-15)12-7-4-3-5-8-12/h3-5,7-8,13-15H,2,6,9-11H2,1H3/t13-,14-,15+/m0/s1. The third-order valence-corrected chi connectivity index (χ3v) is 4.17. The molecule has 0 bridgehead atoms. The largest absolute Gasteiger partial charge is 0.465 e. The molecule has 2 aliphatic heterocycles. The first-order valence-corrected chi connectivity index (χ1v) is 7.42. The van der Waals surface area contributed by atoms with Gasteiger partial charge in [-0.15, -0.1) is 0 Å². The monoisotopic (exact) mass is 275 g/mol. The van der Waals surface area contributed by atoms with Gasteiger partial charge in [-0.25, -0.2) is 0 Å². The number of hydrogen-bond acceptors (Lipinski definition) is 4. The first-order chi connectivity index (χ1) is 9.81. The molecule has 0 amide bonds. The highest BCUT2D eigenvalue weighted by atomic mass is 16.5. The van der Waals surface area contributed by atoms with Crippen LogP contribution in [-0.2, 0) is 14.3 Å². The summed E-state index contributed by atoms with van der Waals surface area (Å²) in [6, 6.07) is 10.3. The van der Waals surface area contributed by atoms with E-state index in [1.807, 2.05) is 25.1 Å². The zero-order chi connectivity index (χ0) is 13.9. The van der Waals surface area contributed by atoms with E-state index in [1.165, 1.54) is 5.56 Å². The topological polar surface area (TPSA) is 38.8 Å². The van der Waals surface area contributed by atoms with E-state index < -0.39 is 0 Å². The Morgan fingerprint density at radius 2 is 2.15 bits per heavy atom. The van der Waals surface area contributed by atoms with Crippen molar-refractivity contribution in [1.29, 1.82) is 0 Å². The predicted molar refractivity (Wildman–Crippen MR) is 75.0 cm³/mol. The van der Waals surface area contributed by atoms with Gasteiger partial charge in [0.05, 0.1) is 19.3 Å². The maximum Gasteiger partial charge on any atom is 0.323 e. The molecular formula is C16H21NO3. The molecule has 3 rings (SSSR count). The number of fused-ring (bicyclic) bond motifs is 1. The van der Waals surface area contributed by atoms with Crippen molar-refractivity contribution in [3.63, 3.8) is 0 Å². The van der Waals surface area contributed by atoms with Gasteiger partial charge in [0.2, 0.25) is 0 Å². The van der Waals surface area contributed by atoms with Gasteiger partial charge >= 0.3 is 5.97 Å². The smallest absolute Gasteiger partial charge is 0.323 e. The molecule has 0 saturated carbocycles. The van der Waals surface area contributed by atoms with Gasteiger partial charge in [0.15, 0.2) is 0 Å². The number of rotatable bonds is 3. The predicted octanol–water partition coefficient (Wildman–Crippen LogP) is 2.50. The summed E-state index contributed by atoms with van der Waals surface area (Å²) in [5.74, 6) is -0.108. The fraction of sp³-hybridized carbons (Fsp3) is 0.562. The van der Waals surface area contributed by atoms with Crippen LogP contribution in [0.25, 0.3) is 0 Å². The molecule has 0 spiro atoms. The van der Waals surface area contributed by atoms with Crippen LogP contribution in [0, 0.1) is 0 Å². The Bertz CT molecular complexity index is 462. The van der Waals surface area contributed by atoms with Crippen molar-refractivity contribution >= 4 is 5.97 Å². The summed E-state index contributed by atoms with van der Waals surface area (Å²) >= 11 is 0. The molecule has 2 heterocycles. The Kier molecular flexibility index (Phi) is 4.03. The number of esters is 1. The zero-order valence-corrected chi connectivity index (χ0v) is 11.8. The molecule has 0 aliphatic carbocycles. The molecule has 20 heavy (non-hydrogen) atoms. The van der Waals surface area contributed by atoms with Crippen LogP contribution < -0.4 is 0 Å². The molecule has 3 atom stereocenters. The molecule has 0 radical (unpaired) electrons. The lowest BCUT2D eigenvalue weighted by Gasteiger charge is -2.38. The van der Waals surface area contributed by atoms with Crippen molar-refractivity contribution in [3.05, 3.63) is 35.9 Å². The van der Waals surface area contributed by atoms with Gasteiger partial charge < -0.3 is 9.47 Å². The van der Waals surface area contributed by atoms with Crippen LogP contribution in [0.3, 0.4) is 0 Å². The fourth-order valence-electron chi connectivity index (χ4n) is 3.28. The van der Waals surface area contributed by atoms with Crippen molar-refractivity contribution in [2.24, 2.45) is 0 Å². The van der Waals surface area contributed by atoms with E-state index in [0.29, 0.717) is 13.2 Å². The molecule has 108 valence electrons. The second-order valence-electron chi connectivity index (χ2n) is 5.36. The van der Waals surface area contributed by atoms with Crippen molar-refractivity contribution in [3.8, 4) is 0 Å². The number of nitrogens with zero attached hydrogens (tertiary/aromatic N) is 1. The Labute approximate surface area is 119 Å². The molecule has 2 aliphatic rings. The minimum atomic E-state index is -0.165. The number of benzene rings is 1. The molecule has 1 aromatic rings. The summed E-state index contributed by atoms with van der Waals surface area (Å²) in [4.78, 5) is 14.4. The van der Waals surface area contributed by atoms with Crippen LogP contribution >= 0.6 is 0 Å². The average Bonchev–Trinajstić information content (AvgIpc) is 2.92. The van der Waals surface area contributed by atoms with Crippen molar-refractivity contribution in [1.82, 2.24) is 4.90 Å². The lowest BCUT2D eigenvalue weighted by Crippen LogP contribution is -2.49. The van der Waals surface area contributed by atoms with Gasteiger partial charge in [-0.1, -0.05) is 30.3 Å². The van der Waals surface area contributed by atoms with Gasteiger partial charge in [0.1, 0.15) is 12.3 Å². The van der Waals surface area contributed by atoms with E-state index in [1.54, 1.807) is 0 Å². The number of carbonyl (C=O) groups excluding carboxylic acids is 1. The van der Waals surface area contributed by atoms with E-state index in [2.05, 4.69) is 17.0 Å². The van der Waals surface area contributed by atoms with Gasteiger partial charge in [-0.05, 0) is 31.7 Å². The van der Waals surface area contributed by atoms with Gasteiger partial charge in [-0.2, -0.15) is 0 Å². The van der Waals surface area contributed by atoms with E-state index in [9.17, 15) is 4.79 Å². The lowest BCUT2D eigenvalue weighted by atomic mass is 9.97. The molecular weight excluding hydrogens is 254 g/mol. The van der Waals surface area contributed by atoms with E-state index in [0.717, 1.165) is 19.3 Å². The molecule has 0 aromatic heterocycles. The molecule has 4 heteroatoms. The van der Waals surface area contributed by atoms with Crippen molar-refractivity contribution < 1.29 is 14.3 Å². The summed E-state index contributed by atoms with van der Waals surface area (Å²) in [5.41, 5.74) is 1.21. The maximum absolute atomic E-state index is 12.2. The molecule has 2 fully saturated rings. The third kappa shape index (κ3) is 2.45. The number of carbonyl (C=O) groups is 1. The lowest BCUT2D eigenvalue weighted by molar-refractivity contribution is -0.155. The van der Waals surface area contributed by atoms with Crippen molar-refractivity contribution in [2.75, 3.05) is 13.2 Å². The normalized spacial score (nSPS) is 29.9. The first-order valence-electron chi connectivity index (χ1n) is 7.42. The quantitative estimate of drug-likeness (QED) is 0.795. The highest BCUT2D eigenvalue weighted by Gasteiger charge is 2.45. The highest BCUT2D eigenvalue weighted by molar-refractivity contribution is 5.76. The summed E-state index contributed by atoms with van der Waals surface area (Å²) in [6.07, 6.45) is 2.94. The van der Waals surface area contributed by atoms with Crippen molar-refractivity contribution in [2.45, 2.75) is 44.5 Å². The molecule has 1 aromatic carbocycles. The molecule has 0 unspecified atom stereocenters. The Morgan fingerprint density at radius 1 is 1.35 bits per heavy atom. The van der Waals surface area contributed by atoms with Gasteiger partial charge in [0.25, 0.3) is 0 Å². The summed E-state index contributed by atoms with van der Waals surface area (Å²) in [7, 11) is 0. The third-order valence-electron chi connectivity index (χ3n) is 4.17. The molecule has 2 saturated heterocycles. The SMILES string of the molecule is CCOC(=O)[C@@H]1CCC[C@H]2OC[C@@H](c3ccccc3)N21. The zero-order valence-electron chi connectivity index (χ0n) is 11.8. The van der Waals surface area contributed by atoms with Crippen LogP contribution in [0.15, 0.2) is 30.3 Å². The molecule has 4 nitrogen and oxygen atoms in total. The number of piperidine rings is 1. The van der Waals surface area contributed by atoms with Crippen LogP contribution in [0.4, 0.5) is 0 Å². The van der Waals surface area contributed by atoms with Crippen LogP contribution in [0.5, 0.6) is 0 Å². The summed E-state index contributed by atoms with van der Waals surface area (Å²) < 4.78 is 11.1. The Balaban J connectivity index is 1.84. The van der Waals surface area contributed by atoms with Gasteiger partial charge in [-0.3, -0.25) is 9.69 Å². The molecule has 0 N–H and O–H groups in total. The van der Waals surface area contributed by atoms with Crippen LogP contribution in [-0.4, -0.2) is 36.4 Å².